The highest BCUT2D eigenvalue weighted by Crippen LogP contribution is 2.28. The molecule has 0 aromatic heterocycles. The minimum Gasteiger partial charge on any atom is -0.508 e. The highest BCUT2D eigenvalue weighted by Gasteiger charge is 2.28. The van der Waals surface area contributed by atoms with Crippen molar-refractivity contribution in [2.24, 2.45) is 0 Å². The SMILES string of the molecule is O=C(O)C(NCCNC(C(=O)O)c1ccc(O)cc1S(=O)(=O)O)c1cc(S(=O)(=O)O)ccc1O. The smallest absolute Gasteiger partial charge is 0.325 e. The third-order valence-electron chi connectivity index (χ3n) is 4.51. The van der Waals surface area contributed by atoms with Crippen molar-refractivity contribution in [3.8, 4) is 11.5 Å². The number of aliphatic carboxylic acids is 2. The second-order valence-electron chi connectivity index (χ2n) is 6.84. The molecule has 0 aliphatic heterocycles. The zero-order valence-corrected chi connectivity index (χ0v) is 18.6. The summed E-state index contributed by atoms with van der Waals surface area (Å²) in [7, 11) is -9.59. The van der Waals surface area contributed by atoms with Crippen molar-refractivity contribution in [2.75, 3.05) is 13.1 Å². The fraction of sp³-hybridized carbons (Fsp3) is 0.222. The van der Waals surface area contributed by atoms with Crippen LogP contribution in [0.4, 0.5) is 0 Å². The van der Waals surface area contributed by atoms with E-state index in [-0.39, 0.29) is 13.1 Å². The van der Waals surface area contributed by atoms with Gasteiger partial charge in [-0.15, -0.1) is 0 Å². The van der Waals surface area contributed by atoms with Crippen LogP contribution in [0.3, 0.4) is 0 Å². The first-order valence-corrected chi connectivity index (χ1v) is 12.0. The molecule has 8 N–H and O–H groups in total. The fourth-order valence-corrected chi connectivity index (χ4v) is 4.27. The number of carboxylic acid groups (broad SMARTS) is 2. The zero-order valence-electron chi connectivity index (χ0n) is 17.0. The normalized spacial score (nSPS) is 13.8. The lowest BCUT2D eigenvalue weighted by atomic mass is 10.1. The van der Waals surface area contributed by atoms with Gasteiger partial charge in [0.2, 0.25) is 0 Å². The van der Waals surface area contributed by atoms with Gasteiger partial charge in [0.1, 0.15) is 28.5 Å². The summed E-state index contributed by atoms with van der Waals surface area (Å²) in [5, 5.41) is 43.2. The van der Waals surface area contributed by atoms with Gasteiger partial charge in [0.25, 0.3) is 20.2 Å². The van der Waals surface area contributed by atoms with E-state index in [9.17, 15) is 51.4 Å². The average molecular weight is 520 g/mol. The van der Waals surface area contributed by atoms with Crippen LogP contribution < -0.4 is 10.6 Å². The molecule has 0 aliphatic rings. The summed E-state index contributed by atoms with van der Waals surface area (Å²) in [5.41, 5.74) is -0.800. The molecule has 14 nitrogen and oxygen atoms in total. The van der Waals surface area contributed by atoms with Gasteiger partial charge in [-0.2, -0.15) is 16.8 Å². The maximum atomic E-state index is 11.7. The molecule has 2 rings (SSSR count). The van der Waals surface area contributed by atoms with E-state index >= 15 is 0 Å². The molecule has 34 heavy (non-hydrogen) atoms. The number of phenols is 2. The molecule has 0 amide bonds. The molecule has 0 spiro atoms. The summed E-state index contributed by atoms with van der Waals surface area (Å²) in [5.74, 6) is -4.22. The number of nitrogens with one attached hydrogen (secondary N) is 2. The number of carbonyl (C=O) groups is 2. The maximum Gasteiger partial charge on any atom is 0.325 e. The van der Waals surface area contributed by atoms with Crippen molar-refractivity contribution in [1.29, 1.82) is 0 Å². The molecule has 0 bridgehead atoms. The largest absolute Gasteiger partial charge is 0.508 e. The fourth-order valence-electron chi connectivity index (χ4n) is 3.00. The molecule has 0 heterocycles. The molecule has 2 aromatic carbocycles. The summed E-state index contributed by atoms with van der Waals surface area (Å²) in [6.45, 7) is -0.569. The molecular weight excluding hydrogens is 500 g/mol. The lowest BCUT2D eigenvalue weighted by Gasteiger charge is -2.20. The molecule has 0 aliphatic carbocycles. The summed E-state index contributed by atoms with van der Waals surface area (Å²) < 4.78 is 64.2. The number of rotatable bonds is 11. The van der Waals surface area contributed by atoms with Crippen LogP contribution in [0.15, 0.2) is 46.2 Å². The Bertz CT molecular complexity index is 1310. The van der Waals surface area contributed by atoms with E-state index in [1.54, 1.807) is 0 Å². The van der Waals surface area contributed by atoms with Crippen molar-refractivity contribution >= 4 is 32.2 Å². The van der Waals surface area contributed by atoms with Crippen LogP contribution in [0, 0.1) is 0 Å². The predicted molar refractivity (Wildman–Crippen MR) is 113 cm³/mol. The highest BCUT2D eigenvalue weighted by molar-refractivity contribution is 7.86. The topological polar surface area (TPSA) is 248 Å². The van der Waals surface area contributed by atoms with E-state index in [0.717, 1.165) is 30.3 Å². The number of hydrogen-bond acceptors (Lipinski definition) is 10. The van der Waals surface area contributed by atoms with Crippen LogP contribution >= 0.6 is 0 Å². The first-order chi connectivity index (χ1) is 15.6. The van der Waals surface area contributed by atoms with Crippen LogP contribution in [-0.4, -0.2) is 71.4 Å². The first-order valence-electron chi connectivity index (χ1n) is 9.16. The van der Waals surface area contributed by atoms with Gasteiger partial charge in [-0.3, -0.25) is 29.3 Å². The molecule has 0 saturated carbocycles. The summed E-state index contributed by atoms with van der Waals surface area (Å²) in [6.07, 6.45) is 0. The standard InChI is InChI=1S/C18H20N2O12S2/c21-9-1-3-11(14(7-9)34(30,31)32)15(17(23)24)19-5-6-20-16(18(25)26)12-8-10(33(27,28)29)2-4-13(12)22/h1-4,7-8,15-16,19-22H,5-6H2,(H,23,24)(H,25,26)(H,27,28,29)(H,30,31,32). The summed E-state index contributed by atoms with van der Waals surface area (Å²) in [4.78, 5) is 21.8. The van der Waals surface area contributed by atoms with Gasteiger partial charge in [0.15, 0.2) is 0 Å². The van der Waals surface area contributed by atoms with Gasteiger partial charge in [-0.05, 0) is 24.3 Å². The predicted octanol–water partition coefficient (Wildman–Crippen LogP) is -0.278. The number of carboxylic acids is 2. The monoisotopic (exact) mass is 520 g/mol. The first kappa shape index (κ1) is 27.0. The Hall–Kier alpha value is -3.28. The molecule has 0 fully saturated rings. The van der Waals surface area contributed by atoms with Crippen LogP contribution in [0.25, 0.3) is 0 Å². The van der Waals surface area contributed by atoms with Crippen LogP contribution in [0.2, 0.25) is 0 Å². The molecule has 16 heteroatoms. The van der Waals surface area contributed by atoms with Crippen molar-refractivity contribution in [1.82, 2.24) is 10.6 Å². The Morgan fingerprint density at radius 1 is 0.765 bits per heavy atom. The van der Waals surface area contributed by atoms with Crippen molar-refractivity contribution in [3.63, 3.8) is 0 Å². The van der Waals surface area contributed by atoms with E-state index < -0.39 is 76.7 Å². The molecule has 186 valence electrons. The van der Waals surface area contributed by atoms with Crippen LogP contribution in [-0.2, 0) is 29.8 Å². The van der Waals surface area contributed by atoms with Gasteiger partial charge >= 0.3 is 11.9 Å². The quantitative estimate of drug-likeness (QED) is 0.140. The average Bonchev–Trinajstić information content (AvgIpc) is 2.70. The molecule has 0 radical (unpaired) electrons. The van der Waals surface area contributed by atoms with E-state index in [1.807, 2.05) is 0 Å². The highest BCUT2D eigenvalue weighted by atomic mass is 32.2. The molecule has 2 unspecified atom stereocenters. The lowest BCUT2D eigenvalue weighted by molar-refractivity contribution is -0.141. The minimum absolute atomic E-state index is 0.282. The summed E-state index contributed by atoms with van der Waals surface area (Å²) >= 11 is 0. The van der Waals surface area contributed by atoms with E-state index in [2.05, 4.69) is 10.6 Å². The van der Waals surface area contributed by atoms with Crippen molar-refractivity contribution in [2.45, 2.75) is 21.9 Å². The van der Waals surface area contributed by atoms with Crippen LogP contribution in [0.5, 0.6) is 11.5 Å². The Balaban J connectivity index is 2.22. The van der Waals surface area contributed by atoms with Gasteiger partial charge in [0, 0.05) is 30.3 Å². The van der Waals surface area contributed by atoms with Gasteiger partial charge < -0.3 is 20.4 Å². The molecular formula is C18H20N2O12S2. The second kappa shape index (κ2) is 10.3. The minimum atomic E-state index is -4.90. The third kappa shape index (κ3) is 6.62. The third-order valence-corrected chi connectivity index (χ3v) is 6.27. The Morgan fingerprint density at radius 2 is 1.29 bits per heavy atom. The van der Waals surface area contributed by atoms with Gasteiger partial charge in [-0.25, -0.2) is 0 Å². The summed E-state index contributed by atoms with van der Waals surface area (Å²) in [6, 6.07) is 1.74. The Labute approximate surface area is 193 Å². The van der Waals surface area contributed by atoms with E-state index in [4.69, 9.17) is 4.55 Å². The molecule has 2 atom stereocenters. The number of phenolic OH excluding ortho intramolecular Hbond substituents is 2. The maximum absolute atomic E-state index is 11.7. The number of benzene rings is 2. The van der Waals surface area contributed by atoms with Crippen molar-refractivity contribution < 1.29 is 56.0 Å². The van der Waals surface area contributed by atoms with Gasteiger partial charge in [0.05, 0.1) is 4.90 Å². The van der Waals surface area contributed by atoms with E-state index in [0.29, 0.717) is 6.07 Å². The van der Waals surface area contributed by atoms with E-state index in [1.165, 1.54) is 0 Å². The molecule has 0 saturated heterocycles. The number of hydrogen-bond donors (Lipinski definition) is 8. The van der Waals surface area contributed by atoms with Gasteiger partial charge in [-0.1, -0.05) is 6.07 Å². The van der Waals surface area contributed by atoms with Crippen LogP contribution in [0.1, 0.15) is 23.2 Å². The number of aromatic hydroxyl groups is 2. The second-order valence-corrected chi connectivity index (χ2v) is 9.66. The Morgan fingerprint density at radius 3 is 1.76 bits per heavy atom. The lowest BCUT2D eigenvalue weighted by Crippen LogP contribution is -2.38. The van der Waals surface area contributed by atoms with Crippen molar-refractivity contribution in [3.05, 3.63) is 47.5 Å². The zero-order chi connectivity index (χ0) is 25.8. The Kier molecular flexibility index (Phi) is 8.19. The molecule has 2 aromatic rings.